The topological polar surface area (TPSA) is 41.3 Å². The molecule has 0 bridgehead atoms. The minimum atomic E-state index is 0.776. The highest BCUT2D eigenvalue weighted by molar-refractivity contribution is 5.54. The Morgan fingerprint density at radius 1 is 1.29 bits per heavy atom. The molecule has 1 aliphatic rings. The molecule has 1 aromatic heterocycles. The fourth-order valence-electron chi connectivity index (χ4n) is 2.20. The predicted molar refractivity (Wildman–Crippen MR) is 65.7 cm³/mol. The van der Waals surface area contributed by atoms with E-state index >= 15 is 0 Å². The van der Waals surface area contributed by atoms with Gasteiger partial charge in [-0.3, -0.25) is 0 Å². The van der Waals surface area contributed by atoms with Gasteiger partial charge in [0.1, 0.15) is 0 Å². The maximum absolute atomic E-state index is 5.18. The number of rotatable bonds is 2. The lowest BCUT2D eigenvalue weighted by molar-refractivity contribution is 0.381. The second kappa shape index (κ2) is 4.59. The number of aromatic nitrogens is 1. The van der Waals surface area contributed by atoms with Gasteiger partial charge in [0.15, 0.2) is 5.76 Å². The van der Waals surface area contributed by atoms with Crippen LogP contribution in [0.5, 0.6) is 0 Å². The van der Waals surface area contributed by atoms with Crippen LogP contribution in [0.4, 0.5) is 5.69 Å². The molecule has 0 unspecified atom stereocenters. The van der Waals surface area contributed by atoms with E-state index in [1.165, 1.54) is 11.3 Å². The molecule has 4 heteroatoms. The average Bonchev–Trinajstić information content (AvgIpc) is 2.78. The highest BCUT2D eigenvalue weighted by atomic mass is 16.5. The Morgan fingerprint density at radius 3 is 3.12 bits per heavy atom. The minimum absolute atomic E-state index is 0.776. The van der Waals surface area contributed by atoms with Crippen LogP contribution in [0.15, 0.2) is 41.1 Å². The summed E-state index contributed by atoms with van der Waals surface area (Å²) in [6, 6.07) is 10.4. The lowest BCUT2D eigenvalue weighted by Gasteiger charge is -2.23. The third-order valence-electron chi connectivity index (χ3n) is 3.04. The van der Waals surface area contributed by atoms with Gasteiger partial charge in [0, 0.05) is 31.4 Å². The van der Waals surface area contributed by atoms with E-state index in [0.717, 1.165) is 31.9 Å². The lowest BCUT2D eigenvalue weighted by atomic mass is 10.1. The zero-order valence-electron chi connectivity index (χ0n) is 9.60. The van der Waals surface area contributed by atoms with E-state index < -0.39 is 0 Å². The number of benzene rings is 1. The van der Waals surface area contributed by atoms with Crippen LogP contribution in [0.25, 0.3) is 0 Å². The summed E-state index contributed by atoms with van der Waals surface area (Å²) in [5, 5.41) is 7.17. The lowest BCUT2D eigenvalue weighted by Crippen LogP contribution is -2.28. The molecule has 17 heavy (non-hydrogen) atoms. The molecule has 0 radical (unpaired) electrons. The van der Waals surface area contributed by atoms with Gasteiger partial charge >= 0.3 is 0 Å². The van der Waals surface area contributed by atoms with Crippen molar-refractivity contribution in [1.29, 1.82) is 0 Å². The zero-order chi connectivity index (χ0) is 11.5. The van der Waals surface area contributed by atoms with Crippen molar-refractivity contribution in [2.45, 2.75) is 13.1 Å². The van der Waals surface area contributed by atoms with Gasteiger partial charge in [-0.1, -0.05) is 23.4 Å². The Labute approximate surface area is 100 Å². The van der Waals surface area contributed by atoms with E-state index in [1.807, 2.05) is 6.07 Å². The van der Waals surface area contributed by atoms with Crippen LogP contribution < -0.4 is 10.2 Å². The Bertz CT molecular complexity index is 481. The molecule has 0 aliphatic carbocycles. The summed E-state index contributed by atoms with van der Waals surface area (Å²) in [5.74, 6) is 0.904. The van der Waals surface area contributed by atoms with Crippen molar-refractivity contribution in [2.75, 3.05) is 18.0 Å². The number of hydrogen-bond acceptors (Lipinski definition) is 4. The fourth-order valence-corrected chi connectivity index (χ4v) is 2.20. The van der Waals surface area contributed by atoms with Crippen molar-refractivity contribution in [1.82, 2.24) is 10.5 Å². The van der Waals surface area contributed by atoms with Gasteiger partial charge in [-0.25, -0.2) is 0 Å². The van der Waals surface area contributed by atoms with Gasteiger partial charge in [-0.05, 0) is 11.6 Å². The maximum atomic E-state index is 5.18. The van der Waals surface area contributed by atoms with Crippen LogP contribution >= 0.6 is 0 Å². The smallest absolute Gasteiger partial charge is 0.155 e. The number of hydrogen-bond donors (Lipinski definition) is 1. The van der Waals surface area contributed by atoms with Crippen molar-refractivity contribution in [3.63, 3.8) is 0 Å². The van der Waals surface area contributed by atoms with Crippen LogP contribution in [0.3, 0.4) is 0 Å². The highest BCUT2D eigenvalue weighted by Crippen LogP contribution is 2.23. The predicted octanol–water partition coefficient (Wildman–Crippen LogP) is 1.78. The van der Waals surface area contributed by atoms with Crippen LogP contribution in [-0.2, 0) is 13.1 Å². The third-order valence-corrected chi connectivity index (χ3v) is 3.04. The molecule has 1 aromatic carbocycles. The first-order valence-corrected chi connectivity index (χ1v) is 5.86. The zero-order valence-corrected chi connectivity index (χ0v) is 9.60. The standard InChI is InChI=1S/C13H15N3O/c1-2-4-13-11(3-1)9-14-7-8-16(13)10-12-5-6-15-17-12/h1-6,14H,7-10H2. The molecule has 2 heterocycles. The molecule has 0 fully saturated rings. The molecule has 0 saturated carbocycles. The average molecular weight is 229 g/mol. The molecule has 0 amide bonds. The number of fused-ring (bicyclic) bond motifs is 1. The van der Waals surface area contributed by atoms with Crippen molar-refractivity contribution in [2.24, 2.45) is 0 Å². The molecular formula is C13H15N3O. The van der Waals surface area contributed by atoms with E-state index in [1.54, 1.807) is 6.20 Å². The van der Waals surface area contributed by atoms with E-state index in [-0.39, 0.29) is 0 Å². The van der Waals surface area contributed by atoms with Gasteiger partial charge in [0.2, 0.25) is 0 Å². The number of nitrogens with one attached hydrogen (secondary N) is 1. The molecule has 1 N–H and O–H groups in total. The second-order valence-electron chi connectivity index (χ2n) is 4.21. The maximum Gasteiger partial charge on any atom is 0.155 e. The molecule has 0 spiro atoms. The Kier molecular flexibility index (Phi) is 2.80. The monoisotopic (exact) mass is 229 g/mol. The highest BCUT2D eigenvalue weighted by Gasteiger charge is 2.15. The third kappa shape index (κ3) is 2.17. The fraction of sp³-hybridized carbons (Fsp3) is 0.308. The van der Waals surface area contributed by atoms with E-state index in [2.05, 4.69) is 39.6 Å². The second-order valence-corrected chi connectivity index (χ2v) is 4.21. The van der Waals surface area contributed by atoms with E-state index in [9.17, 15) is 0 Å². The van der Waals surface area contributed by atoms with Gasteiger partial charge in [0.05, 0.1) is 12.7 Å². The normalized spacial score (nSPS) is 15.4. The van der Waals surface area contributed by atoms with Gasteiger partial charge in [-0.15, -0.1) is 0 Å². The van der Waals surface area contributed by atoms with Crippen molar-refractivity contribution >= 4 is 5.69 Å². The summed E-state index contributed by atoms with van der Waals surface area (Å²) < 4.78 is 5.18. The summed E-state index contributed by atoms with van der Waals surface area (Å²) >= 11 is 0. The SMILES string of the molecule is c1ccc2c(c1)CNCCN2Cc1ccno1. The van der Waals surface area contributed by atoms with Crippen molar-refractivity contribution < 1.29 is 4.52 Å². The largest absolute Gasteiger partial charge is 0.362 e. The van der Waals surface area contributed by atoms with Crippen molar-refractivity contribution in [3.05, 3.63) is 47.9 Å². The summed E-state index contributed by atoms with van der Waals surface area (Å²) in [6.45, 7) is 3.68. The molecule has 2 aromatic rings. The quantitative estimate of drug-likeness (QED) is 0.852. The summed E-state index contributed by atoms with van der Waals surface area (Å²) in [7, 11) is 0. The molecule has 4 nitrogen and oxygen atoms in total. The molecular weight excluding hydrogens is 214 g/mol. The number of anilines is 1. The van der Waals surface area contributed by atoms with Gasteiger partial charge in [0.25, 0.3) is 0 Å². The Hall–Kier alpha value is -1.81. The summed E-state index contributed by atoms with van der Waals surface area (Å²) in [4.78, 5) is 2.33. The van der Waals surface area contributed by atoms with E-state index in [4.69, 9.17) is 4.52 Å². The van der Waals surface area contributed by atoms with Crippen LogP contribution in [0, 0.1) is 0 Å². The summed E-state index contributed by atoms with van der Waals surface area (Å²) in [6.07, 6.45) is 1.69. The van der Waals surface area contributed by atoms with Crippen molar-refractivity contribution in [3.8, 4) is 0 Å². The Balaban J connectivity index is 1.89. The van der Waals surface area contributed by atoms with Crippen LogP contribution in [-0.4, -0.2) is 18.2 Å². The van der Waals surface area contributed by atoms with Gasteiger partial charge < -0.3 is 14.7 Å². The van der Waals surface area contributed by atoms with Crippen LogP contribution in [0.1, 0.15) is 11.3 Å². The Morgan fingerprint density at radius 2 is 2.24 bits per heavy atom. The minimum Gasteiger partial charge on any atom is -0.362 e. The number of para-hydroxylation sites is 1. The number of nitrogens with zero attached hydrogens (tertiary/aromatic N) is 2. The van der Waals surface area contributed by atoms with Crippen LogP contribution in [0.2, 0.25) is 0 Å². The summed E-state index contributed by atoms with van der Waals surface area (Å²) in [5.41, 5.74) is 2.62. The first kappa shape index (κ1) is 10.4. The molecule has 1 aliphatic heterocycles. The van der Waals surface area contributed by atoms with Gasteiger partial charge in [-0.2, -0.15) is 0 Å². The molecule has 3 rings (SSSR count). The molecule has 0 saturated heterocycles. The molecule has 88 valence electrons. The first-order chi connectivity index (χ1) is 8.43. The van der Waals surface area contributed by atoms with E-state index in [0.29, 0.717) is 0 Å². The molecule has 0 atom stereocenters. The first-order valence-electron chi connectivity index (χ1n) is 5.86.